The highest BCUT2D eigenvalue weighted by Crippen LogP contribution is 2.42. The van der Waals surface area contributed by atoms with Crippen LogP contribution in [-0.4, -0.2) is 61.8 Å². The van der Waals surface area contributed by atoms with Crippen LogP contribution in [0.4, 0.5) is 0 Å². The summed E-state index contributed by atoms with van der Waals surface area (Å²) in [6.07, 6.45) is 12.5. The van der Waals surface area contributed by atoms with E-state index < -0.39 is 11.9 Å². The summed E-state index contributed by atoms with van der Waals surface area (Å²) in [5, 5.41) is 17.2. The molecule has 0 heterocycles. The Morgan fingerprint density at radius 1 is 0.974 bits per heavy atom. The molecule has 0 aromatic carbocycles. The SMILES string of the molecule is CC.CC.CC.CCC(C)C(=O)O.COC1C=C2C=CC(C)C(CCC(CC(CC(=O)O)OC)OC)C2CC1. The van der Waals surface area contributed by atoms with Gasteiger partial charge >= 0.3 is 11.9 Å². The fraction of sp³-hybridized carbons (Fsp3) is 0.812. The van der Waals surface area contributed by atoms with Gasteiger partial charge in [0.25, 0.3) is 0 Å². The van der Waals surface area contributed by atoms with Crippen molar-refractivity contribution in [1.82, 2.24) is 0 Å². The number of allylic oxidation sites excluding steroid dienone is 3. The first-order valence-corrected chi connectivity index (χ1v) is 15.1. The Balaban J connectivity index is -0.000000844. The second-order valence-corrected chi connectivity index (χ2v) is 9.28. The fourth-order valence-corrected chi connectivity index (χ4v) is 4.63. The van der Waals surface area contributed by atoms with Crippen LogP contribution >= 0.6 is 0 Å². The molecule has 0 saturated heterocycles. The quantitative estimate of drug-likeness (QED) is 0.250. The number of ether oxygens (including phenoxy) is 3. The minimum atomic E-state index is -0.831. The number of carboxylic acid groups (broad SMARTS) is 2. The molecule has 7 unspecified atom stereocenters. The smallest absolute Gasteiger partial charge is 0.306 e. The van der Waals surface area contributed by atoms with Crippen molar-refractivity contribution in [2.45, 2.75) is 126 Å². The summed E-state index contributed by atoms with van der Waals surface area (Å²) >= 11 is 0. The third kappa shape index (κ3) is 17.6. The normalized spacial score (nSPS) is 23.1. The predicted octanol–water partition coefficient (Wildman–Crippen LogP) is 8.03. The van der Waals surface area contributed by atoms with Crippen LogP contribution in [0.1, 0.15) is 107 Å². The average Bonchev–Trinajstić information content (AvgIpc) is 2.97. The maximum atomic E-state index is 11.0. The molecule has 7 atom stereocenters. The van der Waals surface area contributed by atoms with Gasteiger partial charge in [-0.1, -0.05) is 80.5 Å². The Bertz CT molecular complexity index is 659. The molecule has 39 heavy (non-hydrogen) atoms. The average molecular weight is 559 g/mol. The molecule has 0 saturated carbocycles. The molecule has 2 aliphatic carbocycles. The maximum Gasteiger partial charge on any atom is 0.306 e. The van der Waals surface area contributed by atoms with E-state index in [2.05, 4.69) is 25.2 Å². The highest BCUT2D eigenvalue weighted by atomic mass is 16.5. The Labute approximate surface area is 240 Å². The molecule has 0 aliphatic heterocycles. The molecule has 0 spiro atoms. The number of aliphatic carboxylic acids is 2. The number of methoxy groups -OCH3 is 3. The topological polar surface area (TPSA) is 102 Å². The Hall–Kier alpha value is -1.70. The number of carboxylic acids is 2. The minimum Gasteiger partial charge on any atom is -0.481 e. The molecular formula is C32H62O7. The van der Waals surface area contributed by atoms with Gasteiger partial charge in [0.05, 0.1) is 30.7 Å². The van der Waals surface area contributed by atoms with Crippen LogP contribution in [0.15, 0.2) is 23.8 Å². The van der Waals surface area contributed by atoms with Crippen LogP contribution in [0.5, 0.6) is 0 Å². The summed E-state index contributed by atoms with van der Waals surface area (Å²) in [4.78, 5) is 20.9. The van der Waals surface area contributed by atoms with E-state index in [4.69, 9.17) is 24.4 Å². The Morgan fingerprint density at radius 2 is 1.54 bits per heavy atom. The first kappa shape index (κ1) is 41.8. The van der Waals surface area contributed by atoms with Gasteiger partial charge in [-0.2, -0.15) is 0 Å². The number of fused-ring (bicyclic) bond motifs is 1. The monoisotopic (exact) mass is 558 g/mol. The van der Waals surface area contributed by atoms with Gasteiger partial charge in [-0.15, -0.1) is 0 Å². The molecule has 0 aromatic rings. The van der Waals surface area contributed by atoms with E-state index >= 15 is 0 Å². The standard InChI is InChI=1S/C21H34O5.C5H10O2.3C2H6/c1-14-5-6-15-11-16(24-2)8-10-20(15)19(14)9-7-17(25-3)12-18(26-4)13-21(22)23;1-3-4(2)5(6)7;3*1-2/h5-6,11,14,16-20H,7-10,12-13H2,1-4H3,(H,22,23);4H,3H2,1-2H3,(H,6,7);3*1-2H3. The molecule has 0 bridgehead atoms. The lowest BCUT2D eigenvalue weighted by molar-refractivity contribution is -0.141. The van der Waals surface area contributed by atoms with Crippen LogP contribution < -0.4 is 0 Å². The van der Waals surface area contributed by atoms with Gasteiger partial charge in [-0.3, -0.25) is 9.59 Å². The van der Waals surface area contributed by atoms with Crippen molar-refractivity contribution in [2.24, 2.45) is 23.7 Å². The molecule has 0 amide bonds. The van der Waals surface area contributed by atoms with Crippen molar-refractivity contribution in [1.29, 1.82) is 0 Å². The number of hydrogen-bond donors (Lipinski definition) is 2. The summed E-state index contributed by atoms with van der Waals surface area (Å²) in [5.41, 5.74) is 1.42. The van der Waals surface area contributed by atoms with Crippen LogP contribution in [0.3, 0.4) is 0 Å². The zero-order valence-electron chi connectivity index (χ0n) is 27.2. The third-order valence-corrected chi connectivity index (χ3v) is 7.11. The lowest BCUT2D eigenvalue weighted by Crippen LogP contribution is -2.32. The van der Waals surface area contributed by atoms with Crippen molar-refractivity contribution < 1.29 is 34.0 Å². The summed E-state index contributed by atoms with van der Waals surface area (Å²) in [6, 6.07) is 0. The van der Waals surface area contributed by atoms with Crippen molar-refractivity contribution in [3.8, 4) is 0 Å². The van der Waals surface area contributed by atoms with Gasteiger partial charge in [0.15, 0.2) is 0 Å². The lowest BCUT2D eigenvalue weighted by atomic mass is 9.67. The van der Waals surface area contributed by atoms with Crippen molar-refractivity contribution in [3.05, 3.63) is 23.8 Å². The molecule has 0 radical (unpaired) electrons. The lowest BCUT2D eigenvalue weighted by Gasteiger charge is -2.39. The highest BCUT2D eigenvalue weighted by molar-refractivity contribution is 5.69. The number of rotatable bonds is 12. The number of carbonyl (C=O) groups is 2. The predicted molar refractivity (Wildman–Crippen MR) is 162 cm³/mol. The minimum absolute atomic E-state index is 0.0207. The van der Waals surface area contributed by atoms with E-state index in [1.165, 1.54) is 12.0 Å². The largest absolute Gasteiger partial charge is 0.481 e. The molecule has 2 aliphatic rings. The first-order chi connectivity index (χ1) is 18.7. The van der Waals surface area contributed by atoms with E-state index in [9.17, 15) is 9.59 Å². The van der Waals surface area contributed by atoms with Gasteiger partial charge in [0.1, 0.15) is 0 Å². The zero-order valence-corrected chi connectivity index (χ0v) is 27.2. The van der Waals surface area contributed by atoms with Crippen molar-refractivity contribution in [3.63, 3.8) is 0 Å². The first-order valence-electron chi connectivity index (χ1n) is 15.1. The van der Waals surface area contributed by atoms with E-state index in [-0.39, 0.29) is 30.7 Å². The second-order valence-electron chi connectivity index (χ2n) is 9.28. The summed E-state index contributed by atoms with van der Waals surface area (Å²) < 4.78 is 16.5. The zero-order chi connectivity index (χ0) is 31.0. The molecule has 0 fully saturated rings. The molecule has 7 nitrogen and oxygen atoms in total. The third-order valence-electron chi connectivity index (χ3n) is 7.11. The molecule has 2 N–H and O–H groups in total. The Morgan fingerprint density at radius 3 is 1.95 bits per heavy atom. The van der Waals surface area contributed by atoms with E-state index in [1.807, 2.05) is 48.5 Å². The Kier molecular flexibility index (Phi) is 28.4. The molecule has 2 rings (SSSR count). The van der Waals surface area contributed by atoms with E-state index in [1.54, 1.807) is 28.3 Å². The molecule has 232 valence electrons. The fourth-order valence-electron chi connectivity index (χ4n) is 4.63. The number of hydrogen-bond acceptors (Lipinski definition) is 5. The maximum absolute atomic E-state index is 11.0. The van der Waals surface area contributed by atoms with Gasteiger partial charge < -0.3 is 24.4 Å². The van der Waals surface area contributed by atoms with Crippen LogP contribution in [0.25, 0.3) is 0 Å². The van der Waals surface area contributed by atoms with Gasteiger partial charge in [-0.05, 0) is 55.4 Å². The summed E-state index contributed by atoms with van der Waals surface area (Å²) in [7, 11) is 5.05. The van der Waals surface area contributed by atoms with Gasteiger partial charge in [0, 0.05) is 27.8 Å². The summed E-state index contributed by atoms with van der Waals surface area (Å²) in [6.45, 7) is 17.9. The second kappa shape index (κ2) is 26.5. The van der Waals surface area contributed by atoms with Crippen LogP contribution in [0.2, 0.25) is 0 Å². The van der Waals surface area contributed by atoms with Gasteiger partial charge in [-0.25, -0.2) is 0 Å². The van der Waals surface area contributed by atoms with Gasteiger partial charge in [0.2, 0.25) is 0 Å². The highest BCUT2D eigenvalue weighted by Gasteiger charge is 2.34. The molecule has 0 aromatic heterocycles. The van der Waals surface area contributed by atoms with E-state index in [0.717, 1.165) is 25.7 Å². The molecule has 7 heteroatoms. The van der Waals surface area contributed by atoms with Crippen molar-refractivity contribution in [2.75, 3.05) is 21.3 Å². The van der Waals surface area contributed by atoms with Crippen LogP contribution in [0, 0.1) is 23.7 Å². The van der Waals surface area contributed by atoms with E-state index in [0.29, 0.717) is 24.2 Å². The molecular weight excluding hydrogens is 496 g/mol. The van der Waals surface area contributed by atoms with Crippen molar-refractivity contribution >= 4 is 11.9 Å². The van der Waals surface area contributed by atoms with Crippen LogP contribution in [-0.2, 0) is 23.8 Å². The summed E-state index contributed by atoms with van der Waals surface area (Å²) in [5.74, 6) is 0.0224.